The van der Waals surface area contributed by atoms with Crippen molar-refractivity contribution < 1.29 is 0 Å². The van der Waals surface area contributed by atoms with Gasteiger partial charge in [-0.15, -0.1) is 20.4 Å². The third kappa shape index (κ3) is 2.47. The number of rotatable bonds is 3. The van der Waals surface area contributed by atoms with Crippen LogP contribution in [-0.4, -0.2) is 27.4 Å². The van der Waals surface area contributed by atoms with E-state index in [1.807, 2.05) is 61.6 Å². The average Bonchev–Trinajstić information content (AvgIpc) is 2.56. The van der Waals surface area contributed by atoms with Crippen molar-refractivity contribution in [1.29, 1.82) is 0 Å². The Hall–Kier alpha value is -2.82. The lowest BCUT2D eigenvalue weighted by Crippen LogP contribution is -1.99. The lowest BCUT2D eigenvalue weighted by atomic mass is 10.2. The van der Waals surface area contributed by atoms with Crippen LogP contribution in [0, 0.1) is 0 Å². The van der Waals surface area contributed by atoms with Gasteiger partial charge in [0.1, 0.15) is 0 Å². The van der Waals surface area contributed by atoms with E-state index in [9.17, 15) is 0 Å². The molecule has 1 heterocycles. The van der Waals surface area contributed by atoms with Crippen LogP contribution in [0.15, 0.2) is 54.6 Å². The van der Waals surface area contributed by atoms with Crippen molar-refractivity contribution in [2.45, 2.75) is 0 Å². The summed E-state index contributed by atoms with van der Waals surface area (Å²) in [5.41, 5.74) is 2.84. The number of aromatic nitrogens is 4. The summed E-state index contributed by atoms with van der Waals surface area (Å²) in [4.78, 5) is 0. The lowest BCUT2D eigenvalue weighted by molar-refractivity contribution is 0.876. The zero-order valence-electron chi connectivity index (χ0n) is 11.0. The molecule has 1 aromatic heterocycles. The minimum absolute atomic E-state index is 0.521. The van der Waals surface area contributed by atoms with Crippen molar-refractivity contribution in [3.05, 3.63) is 54.6 Å². The summed E-state index contributed by atoms with van der Waals surface area (Å²) in [6.07, 6.45) is 0. The highest BCUT2D eigenvalue weighted by Gasteiger charge is 2.05. The van der Waals surface area contributed by atoms with Gasteiger partial charge in [-0.1, -0.05) is 30.3 Å². The van der Waals surface area contributed by atoms with Crippen molar-refractivity contribution >= 4 is 5.69 Å². The summed E-state index contributed by atoms with van der Waals surface area (Å²) in [5, 5.41) is 19.6. The molecule has 0 aliphatic carbocycles. The highest BCUT2D eigenvalue weighted by Crippen LogP contribution is 2.17. The van der Waals surface area contributed by atoms with Gasteiger partial charge >= 0.3 is 0 Å². The summed E-state index contributed by atoms with van der Waals surface area (Å²) in [7, 11) is 1.88. The molecule has 3 rings (SSSR count). The molecule has 2 aromatic carbocycles. The Labute approximate surface area is 116 Å². The number of nitrogens with one attached hydrogen (secondary N) is 1. The van der Waals surface area contributed by atoms with Gasteiger partial charge in [-0.05, 0) is 24.3 Å². The maximum atomic E-state index is 4.14. The van der Waals surface area contributed by atoms with Crippen LogP contribution in [-0.2, 0) is 0 Å². The van der Waals surface area contributed by atoms with Gasteiger partial charge < -0.3 is 5.32 Å². The van der Waals surface area contributed by atoms with E-state index in [4.69, 9.17) is 0 Å². The maximum Gasteiger partial charge on any atom is 0.203 e. The number of hydrogen-bond donors (Lipinski definition) is 1. The van der Waals surface area contributed by atoms with E-state index in [1.165, 1.54) is 0 Å². The molecule has 0 aliphatic heterocycles. The Bertz CT molecular complexity index is 678. The second-order valence-corrected chi connectivity index (χ2v) is 4.24. The van der Waals surface area contributed by atoms with Crippen LogP contribution in [0.2, 0.25) is 0 Å². The largest absolute Gasteiger partial charge is 0.388 e. The Morgan fingerprint density at radius 1 is 0.650 bits per heavy atom. The van der Waals surface area contributed by atoms with E-state index in [0.29, 0.717) is 11.6 Å². The standard InChI is InChI=1S/C15H13N5/c1-16-13-9-7-12(8-10-13)15-19-17-14(18-20-15)11-5-3-2-4-6-11/h2-10,16H,1H3/i1-1. The van der Waals surface area contributed by atoms with Crippen LogP contribution < -0.4 is 5.32 Å². The average molecular weight is 262 g/mol. The van der Waals surface area contributed by atoms with E-state index in [1.54, 1.807) is 0 Å². The molecule has 0 atom stereocenters. The van der Waals surface area contributed by atoms with E-state index in [0.717, 1.165) is 16.8 Å². The summed E-state index contributed by atoms with van der Waals surface area (Å²) in [5.74, 6) is 1.05. The van der Waals surface area contributed by atoms with Crippen LogP contribution in [0.4, 0.5) is 5.69 Å². The van der Waals surface area contributed by atoms with Gasteiger partial charge in [-0.2, -0.15) is 0 Å². The normalized spacial score (nSPS) is 10.2. The van der Waals surface area contributed by atoms with Gasteiger partial charge in [0.05, 0.1) is 0 Å². The van der Waals surface area contributed by atoms with Crippen molar-refractivity contribution in [2.75, 3.05) is 12.4 Å². The van der Waals surface area contributed by atoms with Crippen LogP contribution >= 0.6 is 0 Å². The van der Waals surface area contributed by atoms with E-state index in [2.05, 4.69) is 25.7 Å². The molecular weight excluding hydrogens is 249 g/mol. The molecule has 0 bridgehead atoms. The molecule has 3 aromatic rings. The third-order valence-corrected chi connectivity index (χ3v) is 2.94. The summed E-state index contributed by atoms with van der Waals surface area (Å²) < 4.78 is 0. The zero-order valence-corrected chi connectivity index (χ0v) is 11.0. The molecule has 0 radical (unpaired) electrons. The van der Waals surface area contributed by atoms with Gasteiger partial charge in [0.15, 0.2) is 0 Å². The molecule has 5 heteroatoms. The zero-order chi connectivity index (χ0) is 13.8. The fraction of sp³-hybridized carbons (Fsp3) is 0.0667. The monoisotopic (exact) mass is 262 g/mol. The molecule has 0 amide bonds. The second-order valence-electron chi connectivity index (χ2n) is 4.24. The van der Waals surface area contributed by atoms with Crippen LogP contribution in [0.25, 0.3) is 22.8 Å². The predicted octanol–water partition coefficient (Wildman–Crippen LogP) is 2.64. The smallest absolute Gasteiger partial charge is 0.203 e. The minimum atomic E-state index is 0.521. The van der Waals surface area contributed by atoms with Crippen molar-refractivity contribution in [3.63, 3.8) is 0 Å². The molecular formula is C15H13N5. The fourth-order valence-electron chi connectivity index (χ4n) is 1.83. The molecule has 0 saturated heterocycles. The Kier molecular flexibility index (Phi) is 3.33. The molecule has 0 spiro atoms. The Balaban J connectivity index is 1.89. The summed E-state index contributed by atoms with van der Waals surface area (Å²) >= 11 is 0. The van der Waals surface area contributed by atoms with Crippen LogP contribution in [0.1, 0.15) is 0 Å². The second kappa shape index (κ2) is 5.44. The van der Waals surface area contributed by atoms with Crippen molar-refractivity contribution in [1.82, 2.24) is 20.4 Å². The summed E-state index contributed by atoms with van der Waals surface area (Å²) in [6.45, 7) is 0. The molecule has 20 heavy (non-hydrogen) atoms. The van der Waals surface area contributed by atoms with Gasteiger partial charge in [0.2, 0.25) is 11.6 Å². The molecule has 98 valence electrons. The first-order chi connectivity index (χ1) is 9.86. The van der Waals surface area contributed by atoms with Crippen LogP contribution in [0.5, 0.6) is 0 Å². The molecule has 0 aliphatic rings. The van der Waals surface area contributed by atoms with Gasteiger partial charge in [0, 0.05) is 23.9 Å². The molecule has 0 fully saturated rings. The van der Waals surface area contributed by atoms with Gasteiger partial charge in [-0.3, -0.25) is 0 Å². The molecule has 5 nitrogen and oxygen atoms in total. The number of nitrogens with zero attached hydrogens (tertiary/aromatic N) is 4. The van der Waals surface area contributed by atoms with Crippen molar-refractivity contribution in [3.8, 4) is 22.8 Å². The summed E-state index contributed by atoms with van der Waals surface area (Å²) in [6, 6.07) is 17.5. The molecule has 0 unspecified atom stereocenters. The molecule has 1 N–H and O–H groups in total. The topological polar surface area (TPSA) is 63.6 Å². The number of benzene rings is 2. The third-order valence-electron chi connectivity index (χ3n) is 2.94. The Morgan fingerprint density at radius 3 is 1.65 bits per heavy atom. The minimum Gasteiger partial charge on any atom is -0.388 e. The first-order valence-electron chi connectivity index (χ1n) is 6.28. The number of anilines is 1. The lowest BCUT2D eigenvalue weighted by Gasteiger charge is -2.02. The maximum absolute atomic E-state index is 4.14. The quantitative estimate of drug-likeness (QED) is 0.786. The molecule has 0 saturated carbocycles. The highest BCUT2D eigenvalue weighted by atomic mass is 15.3. The van der Waals surface area contributed by atoms with E-state index >= 15 is 0 Å². The fourth-order valence-corrected chi connectivity index (χ4v) is 1.83. The van der Waals surface area contributed by atoms with E-state index < -0.39 is 0 Å². The predicted molar refractivity (Wildman–Crippen MR) is 78.0 cm³/mol. The first kappa shape index (κ1) is 12.2. The highest BCUT2D eigenvalue weighted by molar-refractivity contribution is 5.59. The number of hydrogen-bond acceptors (Lipinski definition) is 5. The Morgan fingerprint density at radius 2 is 1.15 bits per heavy atom. The van der Waals surface area contributed by atoms with Gasteiger partial charge in [-0.25, -0.2) is 0 Å². The first-order valence-corrected chi connectivity index (χ1v) is 6.28. The van der Waals surface area contributed by atoms with E-state index in [-0.39, 0.29) is 0 Å². The SMILES string of the molecule is [11CH3]Nc1ccc(-c2nnc(-c3ccccc3)nn2)cc1. The van der Waals surface area contributed by atoms with Crippen molar-refractivity contribution in [2.24, 2.45) is 0 Å². The van der Waals surface area contributed by atoms with Gasteiger partial charge in [0.25, 0.3) is 0 Å². The van der Waals surface area contributed by atoms with Crippen LogP contribution in [0.3, 0.4) is 0 Å².